The maximum Gasteiger partial charge on any atom is 0.343 e. The first-order valence-corrected chi connectivity index (χ1v) is 6.35. The van der Waals surface area contributed by atoms with E-state index < -0.39 is 17.9 Å². The third-order valence-corrected chi connectivity index (χ3v) is 2.98. The fourth-order valence-electron chi connectivity index (χ4n) is 1.99. The van der Waals surface area contributed by atoms with Crippen LogP contribution in [0.15, 0.2) is 0 Å². The van der Waals surface area contributed by atoms with Crippen LogP contribution in [0.1, 0.15) is 35.8 Å². The first-order valence-electron chi connectivity index (χ1n) is 6.35. The Labute approximate surface area is 115 Å². The lowest BCUT2D eigenvalue weighted by molar-refractivity contribution is -0.122. The van der Waals surface area contributed by atoms with Gasteiger partial charge < -0.3 is 15.4 Å². The molecule has 1 unspecified atom stereocenters. The summed E-state index contributed by atoms with van der Waals surface area (Å²) in [5.41, 5.74) is 0.707. The van der Waals surface area contributed by atoms with Gasteiger partial charge in [0.05, 0.1) is 6.61 Å². The molecule has 8 nitrogen and oxygen atoms in total. The van der Waals surface area contributed by atoms with Gasteiger partial charge in [0.15, 0.2) is 5.82 Å². The summed E-state index contributed by atoms with van der Waals surface area (Å²) in [6.45, 7) is 3.58. The van der Waals surface area contributed by atoms with Gasteiger partial charge in [0.25, 0.3) is 0 Å². The molecule has 0 radical (unpaired) electrons. The van der Waals surface area contributed by atoms with Crippen LogP contribution in [0.5, 0.6) is 0 Å². The maximum absolute atomic E-state index is 12.0. The lowest BCUT2D eigenvalue weighted by atomic mass is 10.2. The Hall–Kier alpha value is -2.38. The number of aryl methyl sites for hydroxylation is 1. The first-order chi connectivity index (χ1) is 9.52. The summed E-state index contributed by atoms with van der Waals surface area (Å²) in [7, 11) is 0. The number of nitrogens with one attached hydrogen (secondary N) is 3. The van der Waals surface area contributed by atoms with Crippen LogP contribution in [0, 0.1) is 6.92 Å². The Morgan fingerprint density at radius 2 is 2.25 bits per heavy atom. The van der Waals surface area contributed by atoms with Crippen molar-refractivity contribution in [3.8, 4) is 0 Å². The highest BCUT2D eigenvalue weighted by molar-refractivity contribution is 6.03. The summed E-state index contributed by atoms with van der Waals surface area (Å²) in [5, 5.41) is 11.6. The summed E-state index contributed by atoms with van der Waals surface area (Å²) in [6.07, 6.45) is 0.755. The molecule has 1 aliphatic rings. The number of aromatic nitrogens is 2. The van der Waals surface area contributed by atoms with E-state index in [2.05, 4.69) is 20.8 Å². The zero-order valence-corrected chi connectivity index (χ0v) is 11.3. The fraction of sp³-hybridized carbons (Fsp3) is 0.500. The smallest absolute Gasteiger partial charge is 0.343 e. The van der Waals surface area contributed by atoms with E-state index in [0.29, 0.717) is 18.5 Å². The number of esters is 1. The number of nitrogens with zero attached hydrogens (tertiary/aromatic N) is 1. The molecule has 1 fully saturated rings. The van der Waals surface area contributed by atoms with Crippen LogP contribution in [-0.2, 0) is 14.3 Å². The standard InChI is InChI=1S/C12H16N4O4/c1-3-20-12(19)9-6(2)15-16-10(9)14-11(18)7-4-5-8(17)13-7/h7H,3-5H2,1-2H3,(H,13,17)(H2,14,15,16,18). The van der Waals surface area contributed by atoms with Crippen molar-refractivity contribution in [1.82, 2.24) is 15.5 Å². The molecular formula is C12H16N4O4. The van der Waals surface area contributed by atoms with E-state index >= 15 is 0 Å². The van der Waals surface area contributed by atoms with Crippen LogP contribution >= 0.6 is 0 Å². The molecule has 1 atom stereocenters. The van der Waals surface area contributed by atoms with Gasteiger partial charge in [-0.3, -0.25) is 14.7 Å². The van der Waals surface area contributed by atoms with Gasteiger partial charge in [-0.1, -0.05) is 0 Å². The minimum Gasteiger partial charge on any atom is -0.462 e. The lowest BCUT2D eigenvalue weighted by Gasteiger charge is -2.10. The molecule has 2 heterocycles. The number of amides is 2. The predicted molar refractivity (Wildman–Crippen MR) is 69.1 cm³/mol. The van der Waals surface area contributed by atoms with Crippen LogP contribution < -0.4 is 10.6 Å². The number of aromatic amines is 1. The van der Waals surface area contributed by atoms with Crippen molar-refractivity contribution >= 4 is 23.6 Å². The minimum absolute atomic E-state index is 0.118. The number of anilines is 1. The largest absolute Gasteiger partial charge is 0.462 e. The molecule has 108 valence electrons. The summed E-state index contributed by atoms with van der Waals surface area (Å²) >= 11 is 0. The highest BCUT2D eigenvalue weighted by atomic mass is 16.5. The molecule has 1 saturated heterocycles. The van der Waals surface area contributed by atoms with Gasteiger partial charge in [0, 0.05) is 12.1 Å². The van der Waals surface area contributed by atoms with Gasteiger partial charge in [0.2, 0.25) is 11.8 Å². The Morgan fingerprint density at radius 1 is 1.50 bits per heavy atom. The van der Waals surface area contributed by atoms with Crippen LogP contribution in [0.4, 0.5) is 5.82 Å². The molecule has 2 amide bonds. The Balaban J connectivity index is 2.11. The number of ether oxygens (including phenoxy) is 1. The number of hydrogen-bond donors (Lipinski definition) is 3. The van der Waals surface area contributed by atoms with E-state index in [9.17, 15) is 14.4 Å². The molecule has 2 rings (SSSR count). The molecule has 1 aliphatic heterocycles. The van der Waals surface area contributed by atoms with E-state index in [1.165, 1.54) is 0 Å². The summed E-state index contributed by atoms with van der Waals surface area (Å²) < 4.78 is 4.91. The Morgan fingerprint density at radius 3 is 2.85 bits per heavy atom. The number of H-pyrrole nitrogens is 1. The van der Waals surface area contributed by atoms with Crippen molar-refractivity contribution in [1.29, 1.82) is 0 Å². The zero-order chi connectivity index (χ0) is 14.7. The van der Waals surface area contributed by atoms with E-state index in [4.69, 9.17) is 4.74 Å². The van der Waals surface area contributed by atoms with Gasteiger partial charge in [-0.05, 0) is 20.3 Å². The topological polar surface area (TPSA) is 113 Å². The van der Waals surface area contributed by atoms with E-state index in [-0.39, 0.29) is 23.9 Å². The molecule has 0 aromatic carbocycles. The van der Waals surface area contributed by atoms with Gasteiger partial charge in [-0.15, -0.1) is 0 Å². The third-order valence-electron chi connectivity index (χ3n) is 2.98. The zero-order valence-electron chi connectivity index (χ0n) is 11.3. The Bertz CT molecular complexity index is 552. The average molecular weight is 280 g/mol. The summed E-state index contributed by atoms with van der Waals surface area (Å²) in [6, 6.07) is -0.588. The quantitative estimate of drug-likeness (QED) is 0.677. The second-order valence-corrected chi connectivity index (χ2v) is 4.44. The fourth-order valence-corrected chi connectivity index (χ4v) is 1.99. The molecule has 20 heavy (non-hydrogen) atoms. The lowest BCUT2D eigenvalue weighted by Crippen LogP contribution is -2.37. The van der Waals surface area contributed by atoms with Gasteiger partial charge in [0.1, 0.15) is 11.6 Å². The molecule has 8 heteroatoms. The van der Waals surface area contributed by atoms with Crippen LogP contribution in [0.25, 0.3) is 0 Å². The molecule has 1 aromatic rings. The number of hydrogen-bond acceptors (Lipinski definition) is 5. The normalized spacial score (nSPS) is 17.7. The summed E-state index contributed by atoms with van der Waals surface area (Å²) in [5.74, 6) is -0.988. The average Bonchev–Trinajstić information content (AvgIpc) is 2.96. The van der Waals surface area contributed by atoms with Crippen molar-refractivity contribution in [3.05, 3.63) is 11.3 Å². The van der Waals surface area contributed by atoms with E-state index in [1.54, 1.807) is 13.8 Å². The van der Waals surface area contributed by atoms with Crippen molar-refractivity contribution in [2.75, 3.05) is 11.9 Å². The highest BCUT2D eigenvalue weighted by Gasteiger charge is 2.29. The molecule has 3 N–H and O–H groups in total. The SMILES string of the molecule is CCOC(=O)c1c(NC(=O)C2CCC(=O)N2)n[nH]c1C. The van der Waals surface area contributed by atoms with Crippen LogP contribution in [-0.4, -0.2) is 40.6 Å². The van der Waals surface area contributed by atoms with Gasteiger partial charge in [-0.2, -0.15) is 5.10 Å². The van der Waals surface area contributed by atoms with Crippen molar-refractivity contribution in [2.45, 2.75) is 32.7 Å². The minimum atomic E-state index is -0.588. The van der Waals surface area contributed by atoms with Crippen LogP contribution in [0.3, 0.4) is 0 Å². The monoisotopic (exact) mass is 280 g/mol. The number of carbonyl (C=O) groups excluding carboxylic acids is 3. The summed E-state index contributed by atoms with van der Waals surface area (Å²) in [4.78, 5) is 34.9. The van der Waals surface area contributed by atoms with Crippen molar-refractivity contribution in [2.24, 2.45) is 0 Å². The van der Waals surface area contributed by atoms with Crippen molar-refractivity contribution < 1.29 is 19.1 Å². The second kappa shape index (κ2) is 5.72. The van der Waals surface area contributed by atoms with Gasteiger partial charge in [-0.25, -0.2) is 4.79 Å². The molecule has 0 spiro atoms. The molecule has 0 saturated carbocycles. The van der Waals surface area contributed by atoms with Crippen LogP contribution in [0.2, 0.25) is 0 Å². The van der Waals surface area contributed by atoms with Crippen molar-refractivity contribution in [3.63, 3.8) is 0 Å². The van der Waals surface area contributed by atoms with E-state index in [1.807, 2.05) is 0 Å². The number of rotatable bonds is 4. The predicted octanol–water partition coefficient (Wildman–Crippen LogP) is 0.112. The third kappa shape index (κ3) is 2.79. The molecule has 0 bridgehead atoms. The second-order valence-electron chi connectivity index (χ2n) is 4.44. The molecule has 0 aliphatic carbocycles. The molecular weight excluding hydrogens is 264 g/mol. The Kier molecular flexibility index (Phi) is 4.02. The number of carbonyl (C=O) groups is 3. The van der Waals surface area contributed by atoms with E-state index in [0.717, 1.165) is 0 Å². The first kappa shape index (κ1) is 14.0. The maximum atomic E-state index is 12.0. The van der Waals surface area contributed by atoms with Gasteiger partial charge >= 0.3 is 5.97 Å². The highest BCUT2D eigenvalue weighted by Crippen LogP contribution is 2.18. The molecule has 1 aromatic heterocycles.